The fraction of sp³-hybridized carbons (Fsp3) is 0.263. The third-order valence-electron chi connectivity index (χ3n) is 4.44. The second-order valence-electron chi connectivity index (χ2n) is 6.45. The van der Waals surface area contributed by atoms with Gasteiger partial charge in [-0.05, 0) is 30.7 Å². The summed E-state index contributed by atoms with van der Waals surface area (Å²) in [7, 11) is 0. The van der Waals surface area contributed by atoms with E-state index in [-0.39, 0.29) is 11.9 Å². The highest BCUT2D eigenvalue weighted by Gasteiger charge is 2.26. The summed E-state index contributed by atoms with van der Waals surface area (Å²) in [5.41, 5.74) is 4.32. The van der Waals surface area contributed by atoms with Crippen LogP contribution in [0.4, 0.5) is 5.69 Å². The zero-order valence-corrected chi connectivity index (χ0v) is 14.5. The maximum absolute atomic E-state index is 12.4. The van der Waals surface area contributed by atoms with Crippen LogP contribution in [0.1, 0.15) is 17.0 Å². The van der Waals surface area contributed by atoms with E-state index in [0.717, 1.165) is 23.5 Å². The van der Waals surface area contributed by atoms with Gasteiger partial charge in [0.25, 0.3) is 0 Å². The van der Waals surface area contributed by atoms with Gasteiger partial charge in [0, 0.05) is 43.0 Å². The number of amides is 1. The first-order valence-corrected chi connectivity index (χ1v) is 8.64. The molecule has 2 aromatic heterocycles. The minimum Gasteiger partial charge on any atom is -0.373 e. The summed E-state index contributed by atoms with van der Waals surface area (Å²) in [5, 5.41) is 13.4. The van der Waals surface area contributed by atoms with Crippen molar-refractivity contribution in [3.8, 4) is 11.4 Å². The number of hydrogen-bond donors (Lipinski definition) is 3. The van der Waals surface area contributed by atoms with Crippen LogP contribution in [0.25, 0.3) is 11.4 Å². The number of aryl methyl sites for hydroxylation is 1. The van der Waals surface area contributed by atoms with Crippen molar-refractivity contribution in [1.82, 2.24) is 25.5 Å². The standard InChI is InChI=1S/C19H20N6O/c1-12-4-5-15-14(9-12)10-16(22-15)19(26)21-8-6-17-23-18(25-24-17)13-3-2-7-20-11-13/h2-5,7,9,11,16,22H,6,8,10H2,1H3,(H,21,26)(H,23,24,25)/t16-/m0/s1. The van der Waals surface area contributed by atoms with Gasteiger partial charge in [-0.25, -0.2) is 4.98 Å². The lowest BCUT2D eigenvalue weighted by atomic mass is 10.1. The number of rotatable bonds is 5. The van der Waals surface area contributed by atoms with Crippen LogP contribution < -0.4 is 10.6 Å². The van der Waals surface area contributed by atoms with Gasteiger partial charge in [0.1, 0.15) is 11.9 Å². The van der Waals surface area contributed by atoms with Gasteiger partial charge in [-0.1, -0.05) is 17.7 Å². The highest BCUT2D eigenvalue weighted by molar-refractivity contribution is 5.87. The lowest BCUT2D eigenvalue weighted by Gasteiger charge is -2.11. The summed E-state index contributed by atoms with van der Waals surface area (Å²) in [5.74, 6) is 1.36. The summed E-state index contributed by atoms with van der Waals surface area (Å²) in [6.07, 6.45) is 4.75. The number of hydrogen-bond acceptors (Lipinski definition) is 5. The second kappa shape index (κ2) is 6.95. The summed E-state index contributed by atoms with van der Waals surface area (Å²) >= 11 is 0. The lowest BCUT2D eigenvalue weighted by Crippen LogP contribution is -2.39. The van der Waals surface area contributed by atoms with Gasteiger partial charge in [0.15, 0.2) is 5.82 Å². The number of benzene rings is 1. The van der Waals surface area contributed by atoms with Crippen molar-refractivity contribution in [2.75, 3.05) is 11.9 Å². The summed E-state index contributed by atoms with van der Waals surface area (Å²) in [6, 6.07) is 9.76. The molecule has 3 aromatic rings. The zero-order valence-electron chi connectivity index (χ0n) is 14.5. The van der Waals surface area contributed by atoms with E-state index in [4.69, 9.17) is 0 Å². The topological polar surface area (TPSA) is 95.6 Å². The number of anilines is 1. The number of aromatic amines is 1. The maximum atomic E-state index is 12.4. The number of nitrogens with one attached hydrogen (secondary N) is 3. The van der Waals surface area contributed by atoms with E-state index in [1.165, 1.54) is 11.1 Å². The molecule has 4 rings (SSSR count). The smallest absolute Gasteiger partial charge is 0.242 e. The molecular weight excluding hydrogens is 328 g/mol. The number of H-pyrrole nitrogens is 1. The Hall–Kier alpha value is -3.22. The van der Waals surface area contributed by atoms with Gasteiger partial charge < -0.3 is 10.6 Å². The Morgan fingerprint density at radius 2 is 2.27 bits per heavy atom. The third kappa shape index (κ3) is 3.42. The third-order valence-corrected chi connectivity index (χ3v) is 4.44. The van der Waals surface area contributed by atoms with Crippen LogP contribution in [0.2, 0.25) is 0 Å². The molecule has 0 unspecified atom stereocenters. The largest absolute Gasteiger partial charge is 0.373 e. The van der Waals surface area contributed by atoms with E-state index < -0.39 is 0 Å². The summed E-state index contributed by atoms with van der Waals surface area (Å²) in [6.45, 7) is 2.57. The number of carbonyl (C=O) groups excluding carboxylic acids is 1. The molecule has 0 radical (unpaired) electrons. The molecule has 0 saturated carbocycles. The maximum Gasteiger partial charge on any atom is 0.242 e. The predicted molar refractivity (Wildman–Crippen MR) is 98.6 cm³/mol. The van der Waals surface area contributed by atoms with Crippen molar-refractivity contribution >= 4 is 11.6 Å². The Bertz CT molecular complexity index is 921. The molecule has 3 N–H and O–H groups in total. The Balaban J connectivity index is 1.29. The van der Waals surface area contributed by atoms with Crippen molar-refractivity contribution in [3.05, 3.63) is 59.7 Å². The Morgan fingerprint density at radius 1 is 1.35 bits per heavy atom. The van der Waals surface area contributed by atoms with Crippen LogP contribution in [0.3, 0.4) is 0 Å². The van der Waals surface area contributed by atoms with Crippen LogP contribution in [-0.2, 0) is 17.6 Å². The van der Waals surface area contributed by atoms with Crippen molar-refractivity contribution in [2.24, 2.45) is 0 Å². The molecule has 132 valence electrons. The van der Waals surface area contributed by atoms with Gasteiger partial charge in [0.2, 0.25) is 5.91 Å². The zero-order chi connectivity index (χ0) is 17.9. The van der Waals surface area contributed by atoms with E-state index in [1.807, 2.05) is 18.2 Å². The van der Waals surface area contributed by atoms with Gasteiger partial charge in [0.05, 0.1) is 0 Å². The van der Waals surface area contributed by atoms with Gasteiger partial charge in [-0.2, -0.15) is 5.10 Å². The molecule has 3 heterocycles. The molecule has 1 aliphatic rings. The first-order chi connectivity index (χ1) is 12.7. The van der Waals surface area contributed by atoms with Gasteiger partial charge in [-0.15, -0.1) is 0 Å². The molecule has 1 aromatic carbocycles. The van der Waals surface area contributed by atoms with E-state index in [1.54, 1.807) is 12.4 Å². The monoisotopic (exact) mass is 348 g/mol. The van der Waals surface area contributed by atoms with Gasteiger partial charge in [-0.3, -0.25) is 14.9 Å². The molecule has 7 nitrogen and oxygen atoms in total. The van der Waals surface area contributed by atoms with Crippen molar-refractivity contribution in [1.29, 1.82) is 0 Å². The fourth-order valence-corrected chi connectivity index (χ4v) is 3.11. The van der Waals surface area contributed by atoms with E-state index in [9.17, 15) is 4.79 Å². The van der Waals surface area contributed by atoms with Crippen LogP contribution in [0.15, 0.2) is 42.7 Å². The highest BCUT2D eigenvalue weighted by Crippen LogP contribution is 2.26. The lowest BCUT2D eigenvalue weighted by molar-refractivity contribution is -0.121. The molecule has 0 spiro atoms. The van der Waals surface area contributed by atoms with Crippen molar-refractivity contribution in [2.45, 2.75) is 25.8 Å². The van der Waals surface area contributed by atoms with E-state index in [2.05, 4.69) is 49.9 Å². The number of carbonyl (C=O) groups is 1. The minimum atomic E-state index is -0.215. The Labute approximate surface area is 151 Å². The molecule has 7 heteroatoms. The van der Waals surface area contributed by atoms with Crippen LogP contribution >= 0.6 is 0 Å². The second-order valence-corrected chi connectivity index (χ2v) is 6.45. The minimum absolute atomic E-state index is 0.00542. The number of pyridine rings is 1. The molecular formula is C19H20N6O. The molecule has 1 aliphatic heterocycles. The average molecular weight is 348 g/mol. The Morgan fingerprint density at radius 3 is 3.12 bits per heavy atom. The number of aromatic nitrogens is 4. The highest BCUT2D eigenvalue weighted by atomic mass is 16.2. The van der Waals surface area contributed by atoms with E-state index in [0.29, 0.717) is 18.8 Å². The molecule has 26 heavy (non-hydrogen) atoms. The quantitative estimate of drug-likeness (QED) is 0.654. The molecule has 0 fully saturated rings. The summed E-state index contributed by atoms with van der Waals surface area (Å²) < 4.78 is 0. The first-order valence-electron chi connectivity index (χ1n) is 8.64. The molecule has 0 bridgehead atoms. The van der Waals surface area contributed by atoms with Crippen molar-refractivity contribution < 1.29 is 4.79 Å². The summed E-state index contributed by atoms with van der Waals surface area (Å²) in [4.78, 5) is 20.9. The molecule has 1 atom stereocenters. The normalized spacial score (nSPS) is 15.3. The van der Waals surface area contributed by atoms with Gasteiger partial charge >= 0.3 is 0 Å². The number of nitrogens with zero attached hydrogens (tertiary/aromatic N) is 3. The molecule has 0 saturated heterocycles. The average Bonchev–Trinajstić information content (AvgIpc) is 3.29. The SMILES string of the molecule is Cc1ccc2c(c1)C[C@@H](C(=O)NCCc1nc(-c3cccnc3)n[nH]1)N2. The van der Waals surface area contributed by atoms with Crippen LogP contribution in [0.5, 0.6) is 0 Å². The number of fused-ring (bicyclic) bond motifs is 1. The molecule has 0 aliphatic carbocycles. The van der Waals surface area contributed by atoms with Crippen molar-refractivity contribution in [3.63, 3.8) is 0 Å². The molecule has 1 amide bonds. The van der Waals surface area contributed by atoms with Crippen LogP contribution in [0, 0.1) is 6.92 Å². The van der Waals surface area contributed by atoms with E-state index >= 15 is 0 Å². The first kappa shape index (κ1) is 16.3. The Kier molecular flexibility index (Phi) is 4.35. The predicted octanol–water partition coefficient (Wildman–Crippen LogP) is 1.87. The van der Waals surface area contributed by atoms with Crippen LogP contribution in [-0.4, -0.2) is 38.7 Å². The fourth-order valence-electron chi connectivity index (χ4n) is 3.11.